The number of nitrogens with zero attached hydrogens (tertiary/aromatic N) is 2. The third kappa shape index (κ3) is 5.05. The fourth-order valence-corrected chi connectivity index (χ4v) is 4.05. The van der Waals surface area contributed by atoms with Gasteiger partial charge in [0.15, 0.2) is 0 Å². The summed E-state index contributed by atoms with van der Waals surface area (Å²) in [5.74, 6) is 0.439. The number of carbonyl (C=O) groups is 1. The number of aromatic nitrogens is 1. The molecule has 0 bridgehead atoms. The summed E-state index contributed by atoms with van der Waals surface area (Å²) in [4.78, 5) is 12.5. The Morgan fingerprint density at radius 3 is 2.55 bits per heavy atom. The van der Waals surface area contributed by atoms with E-state index in [-0.39, 0.29) is 5.91 Å². The van der Waals surface area contributed by atoms with Crippen molar-refractivity contribution in [3.05, 3.63) is 99.2 Å². The summed E-state index contributed by atoms with van der Waals surface area (Å²) in [6.45, 7) is 5.16. The monoisotopic (exact) mass is 479 g/mol. The summed E-state index contributed by atoms with van der Waals surface area (Å²) in [5.41, 5.74) is 7.20. The number of fused-ring (bicyclic) bond motifs is 1. The van der Waals surface area contributed by atoms with Gasteiger partial charge in [-0.25, -0.2) is 5.43 Å². The van der Waals surface area contributed by atoms with Crippen LogP contribution in [0.2, 0.25) is 10.0 Å². The third-order valence-electron chi connectivity index (χ3n) is 5.39. The Morgan fingerprint density at radius 2 is 1.82 bits per heavy atom. The third-order valence-corrected chi connectivity index (χ3v) is 6.13. The van der Waals surface area contributed by atoms with Crippen molar-refractivity contribution >= 4 is 46.2 Å². The summed E-state index contributed by atoms with van der Waals surface area (Å²) >= 11 is 12.3. The summed E-state index contributed by atoms with van der Waals surface area (Å²) < 4.78 is 7.61. The van der Waals surface area contributed by atoms with Gasteiger partial charge in [0.05, 0.1) is 22.9 Å². The zero-order chi connectivity index (χ0) is 23.4. The van der Waals surface area contributed by atoms with Crippen molar-refractivity contribution in [3.8, 4) is 5.75 Å². The number of rotatable bonds is 7. The van der Waals surface area contributed by atoms with Crippen LogP contribution in [0.5, 0.6) is 5.75 Å². The second kappa shape index (κ2) is 10.1. The van der Waals surface area contributed by atoms with Crippen LogP contribution in [-0.4, -0.2) is 23.3 Å². The first-order chi connectivity index (χ1) is 16.0. The first-order valence-corrected chi connectivity index (χ1v) is 11.3. The van der Waals surface area contributed by atoms with Crippen LogP contribution in [0.25, 0.3) is 10.9 Å². The molecule has 4 aromatic rings. The van der Waals surface area contributed by atoms with Gasteiger partial charge < -0.3 is 9.30 Å². The van der Waals surface area contributed by atoms with E-state index in [2.05, 4.69) is 21.2 Å². The number of ether oxygens (including phenoxy) is 1. The molecule has 0 fully saturated rings. The smallest absolute Gasteiger partial charge is 0.271 e. The van der Waals surface area contributed by atoms with E-state index in [4.69, 9.17) is 27.9 Å². The standard InChI is InChI=1S/C26H23Cl2N3O2/c1-3-33-20-11-9-19(10-12-20)26(32)30-29-15-22-17(2)31(25-7-5-4-6-21(22)25)16-18-8-13-23(27)24(28)14-18/h4-15H,3,16H2,1-2H3,(H,30,32)/b29-15-. The van der Waals surface area contributed by atoms with Crippen molar-refractivity contribution in [2.75, 3.05) is 6.61 Å². The van der Waals surface area contributed by atoms with Crippen LogP contribution >= 0.6 is 23.2 Å². The molecule has 0 saturated heterocycles. The minimum absolute atomic E-state index is 0.286. The summed E-state index contributed by atoms with van der Waals surface area (Å²) in [7, 11) is 0. The van der Waals surface area contributed by atoms with Crippen molar-refractivity contribution < 1.29 is 9.53 Å². The minimum atomic E-state index is -0.286. The second-order valence-electron chi connectivity index (χ2n) is 7.51. The van der Waals surface area contributed by atoms with Crippen molar-refractivity contribution in [2.45, 2.75) is 20.4 Å². The average molecular weight is 480 g/mol. The fourth-order valence-electron chi connectivity index (χ4n) is 3.73. The van der Waals surface area contributed by atoms with Crippen LogP contribution < -0.4 is 10.2 Å². The van der Waals surface area contributed by atoms with Gasteiger partial charge in [0.1, 0.15) is 5.75 Å². The predicted molar refractivity (Wildman–Crippen MR) is 135 cm³/mol. The van der Waals surface area contributed by atoms with Gasteiger partial charge in [0.2, 0.25) is 0 Å². The molecule has 1 N–H and O–H groups in total. The van der Waals surface area contributed by atoms with Gasteiger partial charge >= 0.3 is 0 Å². The van der Waals surface area contributed by atoms with Crippen molar-refractivity contribution in [1.82, 2.24) is 9.99 Å². The summed E-state index contributed by atoms with van der Waals surface area (Å²) in [6.07, 6.45) is 1.69. The van der Waals surface area contributed by atoms with E-state index in [1.54, 1.807) is 36.5 Å². The maximum Gasteiger partial charge on any atom is 0.271 e. The van der Waals surface area contributed by atoms with E-state index in [9.17, 15) is 4.79 Å². The molecule has 0 atom stereocenters. The molecule has 4 rings (SSSR count). The Labute approximate surface area is 202 Å². The number of hydrogen-bond donors (Lipinski definition) is 1. The molecule has 0 unspecified atom stereocenters. The molecule has 7 heteroatoms. The molecule has 33 heavy (non-hydrogen) atoms. The SMILES string of the molecule is CCOc1ccc(C(=O)N/N=C\c2c(C)n(Cc3ccc(Cl)c(Cl)c3)c3ccccc23)cc1. The Kier molecular flexibility index (Phi) is 7.02. The summed E-state index contributed by atoms with van der Waals surface area (Å²) in [5, 5.41) is 6.34. The first-order valence-electron chi connectivity index (χ1n) is 10.6. The number of amides is 1. The van der Waals surface area contributed by atoms with Crippen LogP contribution in [0.4, 0.5) is 0 Å². The molecule has 0 radical (unpaired) electrons. The Morgan fingerprint density at radius 1 is 1.06 bits per heavy atom. The molecule has 3 aromatic carbocycles. The summed E-state index contributed by atoms with van der Waals surface area (Å²) in [6, 6.07) is 20.7. The number of hydrogen-bond acceptors (Lipinski definition) is 3. The Bertz CT molecular complexity index is 1330. The van der Waals surface area contributed by atoms with E-state index in [0.717, 1.165) is 33.5 Å². The van der Waals surface area contributed by atoms with Crippen molar-refractivity contribution in [1.29, 1.82) is 0 Å². The molecule has 1 amide bonds. The highest BCUT2D eigenvalue weighted by Gasteiger charge is 2.13. The van der Waals surface area contributed by atoms with E-state index >= 15 is 0 Å². The van der Waals surface area contributed by atoms with Crippen LogP contribution in [0, 0.1) is 6.92 Å². The molecule has 0 aliphatic carbocycles. The van der Waals surface area contributed by atoms with E-state index in [1.165, 1.54) is 0 Å². The van der Waals surface area contributed by atoms with Gasteiger partial charge in [-0.15, -0.1) is 0 Å². The molecule has 1 heterocycles. The molecule has 5 nitrogen and oxygen atoms in total. The lowest BCUT2D eigenvalue weighted by Crippen LogP contribution is -2.17. The number of halogens is 2. The number of hydrazone groups is 1. The molecule has 1 aromatic heterocycles. The van der Waals surface area contributed by atoms with Crippen molar-refractivity contribution in [2.24, 2.45) is 5.10 Å². The molecule has 0 aliphatic heterocycles. The van der Waals surface area contributed by atoms with E-state index in [0.29, 0.717) is 28.8 Å². The Hall–Kier alpha value is -3.28. The average Bonchev–Trinajstić information content (AvgIpc) is 3.08. The number of nitrogens with one attached hydrogen (secondary N) is 1. The van der Waals surface area contributed by atoms with E-state index in [1.807, 2.05) is 44.2 Å². The second-order valence-corrected chi connectivity index (χ2v) is 8.32. The van der Waals surface area contributed by atoms with Gasteiger partial charge in [-0.05, 0) is 61.9 Å². The molecule has 168 valence electrons. The van der Waals surface area contributed by atoms with Crippen LogP contribution in [-0.2, 0) is 6.54 Å². The molecular weight excluding hydrogens is 457 g/mol. The first kappa shape index (κ1) is 22.9. The highest BCUT2D eigenvalue weighted by Crippen LogP contribution is 2.28. The maximum atomic E-state index is 12.5. The molecule has 0 aliphatic rings. The van der Waals surface area contributed by atoms with Gasteiger partial charge in [0, 0.05) is 34.3 Å². The van der Waals surface area contributed by atoms with Crippen LogP contribution in [0.15, 0.2) is 71.8 Å². The normalized spacial score (nSPS) is 11.3. The molecule has 0 saturated carbocycles. The van der Waals surface area contributed by atoms with Crippen LogP contribution in [0.1, 0.15) is 34.1 Å². The Balaban J connectivity index is 1.57. The van der Waals surface area contributed by atoms with Gasteiger partial charge in [-0.1, -0.05) is 47.5 Å². The quantitative estimate of drug-likeness (QED) is 0.244. The fraction of sp³-hybridized carbons (Fsp3) is 0.154. The lowest BCUT2D eigenvalue weighted by molar-refractivity contribution is 0.0955. The zero-order valence-electron chi connectivity index (χ0n) is 18.3. The number of carbonyl (C=O) groups excluding carboxylic acids is 1. The largest absolute Gasteiger partial charge is 0.494 e. The number of benzene rings is 3. The van der Waals surface area contributed by atoms with Gasteiger partial charge in [-0.2, -0.15) is 5.10 Å². The van der Waals surface area contributed by atoms with E-state index < -0.39 is 0 Å². The number of para-hydroxylation sites is 1. The zero-order valence-corrected chi connectivity index (χ0v) is 19.8. The lowest BCUT2D eigenvalue weighted by Gasteiger charge is -2.09. The maximum absolute atomic E-state index is 12.5. The van der Waals surface area contributed by atoms with Crippen molar-refractivity contribution in [3.63, 3.8) is 0 Å². The predicted octanol–water partition coefficient (Wildman–Crippen LogP) is 6.47. The van der Waals surface area contributed by atoms with Crippen LogP contribution in [0.3, 0.4) is 0 Å². The van der Waals surface area contributed by atoms with Gasteiger partial charge in [0.25, 0.3) is 5.91 Å². The molecule has 0 spiro atoms. The highest BCUT2D eigenvalue weighted by atomic mass is 35.5. The lowest BCUT2D eigenvalue weighted by atomic mass is 10.1. The molecular formula is C26H23Cl2N3O2. The van der Waals surface area contributed by atoms with Gasteiger partial charge in [-0.3, -0.25) is 4.79 Å². The highest BCUT2D eigenvalue weighted by molar-refractivity contribution is 6.42. The minimum Gasteiger partial charge on any atom is -0.494 e. The topological polar surface area (TPSA) is 55.6 Å².